The maximum Gasteiger partial charge on any atom is 0.224 e. The van der Waals surface area contributed by atoms with Gasteiger partial charge in [-0.05, 0) is 30.5 Å². The first-order valence-electron chi connectivity index (χ1n) is 7.83. The number of methoxy groups -OCH3 is 2. The Kier molecular flexibility index (Phi) is 6.55. The molecular weight excluding hydrogens is 346 g/mol. The molecule has 1 fully saturated rings. The third-order valence-electron chi connectivity index (χ3n) is 4.12. The molecule has 1 amide bonds. The van der Waals surface area contributed by atoms with E-state index >= 15 is 0 Å². The maximum atomic E-state index is 12.3. The summed E-state index contributed by atoms with van der Waals surface area (Å²) in [6.45, 7) is 0. The molecule has 1 aliphatic carbocycles. The average molecular weight is 370 g/mol. The molecule has 0 radical (unpaired) electrons. The molecule has 0 aliphatic heterocycles. The van der Waals surface area contributed by atoms with Gasteiger partial charge < -0.3 is 14.8 Å². The Morgan fingerprint density at radius 1 is 1.14 bits per heavy atom. The van der Waals surface area contributed by atoms with Crippen molar-refractivity contribution in [2.75, 3.05) is 14.2 Å². The number of hydrogen-bond acceptors (Lipinski definition) is 3. The van der Waals surface area contributed by atoms with Gasteiger partial charge in [-0.15, -0.1) is 0 Å². The number of benzene rings is 1. The summed E-state index contributed by atoms with van der Waals surface area (Å²) in [6, 6.07) is 4.02. The molecule has 0 atom stereocenters. The Balaban J connectivity index is 2.01. The van der Waals surface area contributed by atoms with E-state index < -0.39 is 0 Å². The second kappa shape index (κ2) is 8.42. The molecule has 0 bridgehead atoms. The molecule has 5 heteroatoms. The minimum Gasteiger partial charge on any atom is -0.493 e. The Morgan fingerprint density at radius 2 is 1.73 bits per heavy atom. The van der Waals surface area contributed by atoms with Crippen molar-refractivity contribution in [1.82, 2.24) is 5.32 Å². The molecule has 2 rings (SSSR count). The van der Waals surface area contributed by atoms with Crippen LogP contribution in [-0.4, -0.2) is 26.2 Å². The van der Waals surface area contributed by atoms with Crippen LogP contribution in [0.3, 0.4) is 0 Å². The lowest BCUT2D eigenvalue weighted by Crippen LogP contribution is -2.35. The van der Waals surface area contributed by atoms with Crippen LogP contribution >= 0.6 is 15.9 Å². The molecule has 4 nitrogen and oxygen atoms in total. The van der Waals surface area contributed by atoms with E-state index in [9.17, 15) is 4.79 Å². The molecule has 0 unspecified atom stereocenters. The van der Waals surface area contributed by atoms with Crippen molar-refractivity contribution >= 4 is 21.8 Å². The van der Waals surface area contributed by atoms with E-state index in [1.54, 1.807) is 14.2 Å². The molecule has 0 aromatic heterocycles. The van der Waals surface area contributed by atoms with Gasteiger partial charge in [-0.1, -0.05) is 41.6 Å². The van der Waals surface area contributed by atoms with E-state index in [4.69, 9.17) is 9.47 Å². The van der Waals surface area contributed by atoms with E-state index in [-0.39, 0.29) is 5.91 Å². The third kappa shape index (κ3) is 4.63. The van der Waals surface area contributed by atoms with Crippen LogP contribution < -0.4 is 14.8 Å². The van der Waals surface area contributed by atoms with Crippen molar-refractivity contribution in [3.05, 3.63) is 22.2 Å². The summed E-state index contributed by atoms with van der Waals surface area (Å²) in [6.07, 6.45) is 7.53. The van der Waals surface area contributed by atoms with Crippen molar-refractivity contribution in [3.8, 4) is 11.5 Å². The molecule has 1 saturated carbocycles. The highest BCUT2D eigenvalue weighted by atomic mass is 79.9. The van der Waals surface area contributed by atoms with Crippen LogP contribution in [0.15, 0.2) is 16.6 Å². The van der Waals surface area contributed by atoms with Crippen LogP contribution in [0.25, 0.3) is 0 Å². The lowest BCUT2D eigenvalue weighted by Gasteiger charge is -2.17. The number of carbonyl (C=O) groups excluding carboxylic acids is 1. The molecule has 0 heterocycles. The highest BCUT2D eigenvalue weighted by Crippen LogP contribution is 2.33. The molecule has 1 aromatic carbocycles. The molecule has 0 spiro atoms. The predicted molar refractivity (Wildman–Crippen MR) is 90.6 cm³/mol. The Bertz CT molecular complexity index is 511. The van der Waals surface area contributed by atoms with Gasteiger partial charge in [0.25, 0.3) is 0 Å². The van der Waals surface area contributed by atoms with Crippen LogP contribution in [0.4, 0.5) is 0 Å². The average Bonchev–Trinajstić information content (AvgIpc) is 2.77. The standard InChI is InChI=1S/C17H24BrNO3/c1-21-15-9-12(14(18)11-16(15)22-2)10-17(20)19-13-7-5-3-4-6-8-13/h9,11,13H,3-8,10H2,1-2H3,(H,19,20). The van der Waals surface area contributed by atoms with Gasteiger partial charge in [-0.25, -0.2) is 0 Å². The fraction of sp³-hybridized carbons (Fsp3) is 0.588. The van der Waals surface area contributed by atoms with Gasteiger partial charge in [-0.3, -0.25) is 4.79 Å². The third-order valence-corrected chi connectivity index (χ3v) is 4.86. The Hall–Kier alpha value is -1.23. The molecule has 0 saturated heterocycles. The molecule has 22 heavy (non-hydrogen) atoms. The summed E-state index contributed by atoms with van der Waals surface area (Å²) in [4.78, 5) is 12.3. The Morgan fingerprint density at radius 3 is 2.32 bits per heavy atom. The number of nitrogens with one attached hydrogen (secondary N) is 1. The lowest BCUT2D eigenvalue weighted by molar-refractivity contribution is -0.121. The number of amides is 1. The summed E-state index contributed by atoms with van der Waals surface area (Å²) in [5.41, 5.74) is 0.906. The summed E-state index contributed by atoms with van der Waals surface area (Å²) in [5.74, 6) is 1.37. The zero-order valence-electron chi connectivity index (χ0n) is 13.3. The molecule has 122 valence electrons. The lowest BCUT2D eigenvalue weighted by atomic mass is 10.1. The number of rotatable bonds is 5. The van der Waals surface area contributed by atoms with Gasteiger partial charge in [0, 0.05) is 10.5 Å². The van der Waals surface area contributed by atoms with Crippen LogP contribution in [0.2, 0.25) is 0 Å². The fourth-order valence-electron chi connectivity index (χ4n) is 2.91. The molecule has 1 aliphatic rings. The van der Waals surface area contributed by atoms with Crippen LogP contribution in [0.1, 0.15) is 44.1 Å². The molecule has 1 N–H and O–H groups in total. The van der Waals surface area contributed by atoms with E-state index in [1.165, 1.54) is 25.7 Å². The van der Waals surface area contributed by atoms with Gasteiger partial charge in [0.2, 0.25) is 5.91 Å². The smallest absolute Gasteiger partial charge is 0.224 e. The van der Waals surface area contributed by atoms with Crippen molar-refractivity contribution in [2.24, 2.45) is 0 Å². The van der Waals surface area contributed by atoms with Gasteiger partial charge in [0.05, 0.1) is 20.6 Å². The van der Waals surface area contributed by atoms with E-state index in [1.807, 2.05) is 12.1 Å². The van der Waals surface area contributed by atoms with Gasteiger partial charge in [0.1, 0.15) is 0 Å². The number of hydrogen-bond donors (Lipinski definition) is 1. The second-order valence-corrected chi connectivity index (χ2v) is 6.59. The quantitative estimate of drug-likeness (QED) is 0.801. The zero-order valence-corrected chi connectivity index (χ0v) is 14.9. The van der Waals surface area contributed by atoms with Crippen LogP contribution in [0.5, 0.6) is 11.5 Å². The molecule has 1 aromatic rings. The molecular formula is C17H24BrNO3. The van der Waals surface area contributed by atoms with Crippen molar-refractivity contribution in [3.63, 3.8) is 0 Å². The highest BCUT2D eigenvalue weighted by molar-refractivity contribution is 9.10. The van der Waals surface area contributed by atoms with E-state index in [2.05, 4.69) is 21.2 Å². The predicted octanol–water partition coefficient (Wildman–Crippen LogP) is 3.85. The summed E-state index contributed by atoms with van der Waals surface area (Å²) >= 11 is 3.50. The highest BCUT2D eigenvalue weighted by Gasteiger charge is 2.17. The summed E-state index contributed by atoms with van der Waals surface area (Å²) < 4.78 is 11.4. The van der Waals surface area contributed by atoms with Gasteiger partial charge in [-0.2, -0.15) is 0 Å². The SMILES string of the molecule is COc1cc(Br)c(CC(=O)NC2CCCCCC2)cc1OC. The van der Waals surface area contributed by atoms with Crippen molar-refractivity contribution in [1.29, 1.82) is 0 Å². The number of halogens is 1. The van der Waals surface area contributed by atoms with Crippen LogP contribution in [-0.2, 0) is 11.2 Å². The van der Waals surface area contributed by atoms with Gasteiger partial charge in [0.15, 0.2) is 11.5 Å². The monoisotopic (exact) mass is 369 g/mol. The first-order chi connectivity index (χ1) is 10.6. The fourth-order valence-corrected chi connectivity index (χ4v) is 3.37. The number of carbonyl (C=O) groups is 1. The number of ether oxygens (including phenoxy) is 2. The Labute approximate surface area is 140 Å². The van der Waals surface area contributed by atoms with Crippen molar-refractivity contribution in [2.45, 2.75) is 51.0 Å². The summed E-state index contributed by atoms with van der Waals surface area (Å²) in [5, 5.41) is 3.17. The van der Waals surface area contributed by atoms with E-state index in [0.29, 0.717) is 24.0 Å². The first-order valence-corrected chi connectivity index (χ1v) is 8.63. The summed E-state index contributed by atoms with van der Waals surface area (Å²) in [7, 11) is 3.20. The maximum absolute atomic E-state index is 12.3. The largest absolute Gasteiger partial charge is 0.493 e. The first kappa shape index (κ1) is 17.1. The minimum atomic E-state index is 0.0693. The zero-order chi connectivity index (χ0) is 15.9. The second-order valence-electron chi connectivity index (χ2n) is 5.73. The van der Waals surface area contributed by atoms with Crippen LogP contribution in [0, 0.1) is 0 Å². The minimum absolute atomic E-state index is 0.0693. The topological polar surface area (TPSA) is 47.6 Å². The normalized spacial score (nSPS) is 16.0. The van der Waals surface area contributed by atoms with E-state index in [0.717, 1.165) is 22.9 Å². The van der Waals surface area contributed by atoms with Gasteiger partial charge >= 0.3 is 0 Å². The van der Waals surface area contributed by atoms with Crippen molar-refractivity contribution < 1.29 is 14.3 Å².